The van der Waals surface area contributed by atoms with Crippen LogP contribution in [0.5, 0.6) is 0 Å². The van der Waals surface area contributed by atoms with E-state index in [2.05, 4.69) is 51.1 Å². The third kappa shape index (κ3) is 3.15. The molecule has 0 saturated heterocycles. The summed E-state index contributed by atoms with van der Waals surface area (Å²) in [6.45, 7) is 6.61. The van der Waals surface area contributed by atoms with Gasteiger partial charge in [-0.1, -0.05) is 51.1 Å². The maximum atomic E-state index is 6.11. The van der Waals surface area contributed by atoms with Crippen molar-refractivity contribution in [1.29, 1.82) is 0 Å². The summed E-state index contributed by atoms with van der Waals surface area (Å²) in [7, 11) is 0. The van der Waals surface area contributed by atoms with Gasteiger partial charge < -0.3 is 5.73 Å². The third-order valence-corrected chi connectivity index (χ3v) is 2.83. The highest BCUT2D eigenvalue weighted by Crippen LogP contribution is 2.15. The minimum Gasteiger partial charge on any atom is -0.327 e. The van der Waals surface area contributed by atoms with E-state index in [-0.39, 0.29) is 0 Å². The van der Waals surface area contributed by atoms with Crippen molar-refractivity contribution >= 4 is 0 Å². The first-order valence-corrected chi connectivity index (χ1v) is 5.40. The maximum absolute atomic E-state index is 6.11. The zero-order valence-corrected chi connectivity index (χ0v) is 9.40. The number of hydrogen-bond donors (Lipinski definition) is 1. The van der Waals surface area contributed by atoms with E-state index in [4.69, 9.17) is 5.73 Å². The molecule has 0 aromatic heterocycles. The highest BCUT2D eigenvalue weighted by Gasteiger charge is 2.16. The second-order valence-electron chi connectivity index (χ2n) is 4.49. The van der Waals surface area contributed by atoms with Crippen LogP contribution in [0.3, 0.4) is 0 Å². The van der Waals surface area contributed by atoms with Gasteiger partial charge >= 0.3 is 0 Å². The molecule has 0 amide bonds. The largest absolute Gasteiger partial charge is 0.327 e. The second kappa shape index (κ2) is 5.16. The predicted molar refractivity (Wildman–Crippen MR) is 62.1 cm³/mol. The molecule has 0 aliphatic carbocycles. The second-order valence-corrected chi connectivity index (χ2v) is 4.49. The first-order chi connectivity index (χ1) is 6.61. The van der Waals surface area contributed by atoms with Crippen LogP contribution in [0, 0.1) is 11.8 Å². The standard InChI is InChI=1S/C13H21N/c1-10(2)13(14)11(3)9-12-7-5-4-6-8-12/h4-8,10-11,13H,9,14H2,1-3H3. The lowest BCUT2D eigenvalue weighted by Crippen LogP contribution is -2.34. The van der Waals surface area contributed by atoms with Gasteiger partial charge in [0.25, 0.3) is 0 Å². The van der Waals surface area contributed by atoms with Gasteiger partial charge in [0.1, 0.15) is 0 Å². The first-order valence-electron chi connectivity index (χ1n) is 5.40. The van der Waals surface area contributed by atoms with Crippen LogP contribution < -0.4 is 5.73 Å². The molecule has 0 bridgehead atoms. The van der Waals surface area contributed by atoms with Crippen LogP contribution in [0.1, 0.15) is 26.3 Å². The zero-order chi connectivity index (χ0) is 10.6. The smallest absolute Gasteiger partial charge is 0.00909 e. The van der Waals surface area contributed by atoms with Crippen LogP contribution >= 0.6 is 0 Å². The van der Waals surface area contributed by atoms with Crippen LogP contribution in [0.4, 0.5) is 0 Å². The molecule has 0 saturated carbocycles. The normalized spacial score (nSPS) is 15.5. The van der Waals surface area contributed by atoms with Crippen molar-refractivity contribution in [2.45, 2.75) is 33.2 Å². The Morgan fingerprint density at radius 3 is 2.14 bits per heavy atom. The van der Waals surface area contributed by atoms with Crippen molar-refractivity contribution in [2.24, 2.45) is 17.6 Å². The van der Waals surface area contributed by atoms with E-state index >= 15 is 0 Å². The summed E-state index contributed by atoms with van der Waals surface area (Å²) >= 11 is 0. The molecule has 1 heteroatoms. The van der Waals surface area contributed by atoms with Gasteiger partial charge in [-0.2, -0.15) is 0 Å². The molecule has 0 aliphatic rings. The highest BCUT2D eigenvalue weighted by atomic mass is 14.7. The summed E-state index contributed by atoms with van der Waals surface area (Å²) in [4.78, 5) is 0. The number of rotatable bonds is 4. The van der Waals surface area contributed by atoms with Crippen molar-refractivity contribution < 1.29 is 0 Å². The van der Waals surface area contributed by atoms with Gasteiger partial charge in [-0.15, -0.1) is 0 Å². The minimum absolute atomic E-state index is 0.301. The molecule has 2 N–H and O–H groups in total. The van der Waals surface area contributed by atoms with Crippen molar-refractivity contribution in [3.05, 3.63) is 35.9 Å². The fourth-order valence-electron chi connectivity index (χ4n) is 1.78. The van der Waals surface area contributed by atoms with E-state index in [1.807, 2.05) is 0 Å². The molecule has 78 valence electrons. The number of benzene rings is 1. The average molecular weight is 191 g/mol. The van der Waals surface area contributed by atoms with E-state index < -0.39 is 0 Å². The fraction of sp³-hybridized carbons (Fsp3) is 0.538. The first kappa shape index (κ1) is 11.3. The third-order valence-electron chi connectivity index (χ3n) is 2.83. The van der Waals surface area contributed by atoms with Crippen molar-refractivity contribution in [2.75, 3.05) is 0 Å². The van der Waals surface area contributed by atoms with Crippen LogP contribution in [-0.2, 0) is 6.42 Å². The van der Waals surface area contributed by atoms with Gasteiger partial charge in [-0.25, -0.2) is 0 Å². The Bertz CT molecular complexity index is 253. The SMILES string of the molecule is CC(C)C(N)C(C)Cc1ccccc1. The van der Waals surface area contributed by atoms with Gasteiger partial charge in [-0.3, -0.25) is 0 Å². The lowest BCUT2D eigenvalue weighted by Gasteiger charge is -2.23. The topological polar surface area (TPSA) is 26.0 Å². The van der Waals surface area contributed by atoms with Crippen LogP contribution in [0.2, 0.25) is 0 Å². The molecule has 1 rings (SSSR count). The van der Waals surface area contributed by atoms with Gasteiger partial charge in [0.2, 0.25) is 0 Å². The number of nitrogens with two attached hydrogens (primary N) is 1. The molecule has 0 fully saturated rings. The van der Waals surface area contributed by atoms with Crippen molar-refractivity contribution in [3.63, 3.8) is 0 Å². The minimum atomic E-state index is 0.301. The van der Waals surface area contributed by atoms with Crippen LogP contribution in [-0.4, -0.2) is 6.04 Å². The quantitative estimate of drug-likeness (QED) is 0.778. The summed E-state index contributed by atoms with van der Waals surface area (Å²) in [5, 5.41) is 0. The van der Waals surface area contributed by atoms with Gasteiger partial charge in [0, 0.05) is 6.04 Å². The van der Waals surface area contributed by atoms with Crippen molar-refractivity contribution in [3.8, 4) is 0 Å². The summed E-state index contributed by atoms with van der Waals surface area (Å²) in [6.07, 6.45) is 1.08. The van der Waals surface area contributed by atoms with Crippen molar-refractivity contribution in [1.82, 2.24) is 0 Å². The van der Waals surface area contributed by atoms with E-state index in [0.29, 0.717) is 17.9 Å². The van der Waals surface area contributed by atoms with E-state index in [1.165, 1.54) is 5.56 Å². The Kier molecular flexibility index (Phi) is 4.15. The summed E-state index contributed by atoms with van der Waals surface area (Å²) in [5.41, 5.74) is 7.49. The highest BCUT2D eigenvalue weighted by molar-refractivity contribution is 5.15. The molecule has 2 unspecified atom stereocenters. The molecule has 2 atom stereocenters. The zero-order valence-electron chi connectivity index (χ0n) is 9.40. The molecule has 1 nitrogen and oxygen atoms in total. The summed E-state index contributed by atoms with van der Waals surface area (Å²) < 4.78 is 0. The van der Waals surface area contributed by atoms with Crippen LogP contribution in [0.25, 0.3) is 0 Å². The van der Waals surface area contributed by atoms with Gasteiger partial charge in [-0.05, 0) is 23.8 Å². The predicted octanol–water partition coefficient (Wildman–Crippen LogP) is 2.85. The maximum Gasteiger partial charge on any atom is 0.00909 e. The monoisotopic (exact) mass is 191 g/mol. The lowest BCUT2D eigenvalue weighted by molar-refractivity contribution is 0.362. The Morgan fingerprint density at radius 2 is 1.64 bits per heavy atom. The molecule has 1 aromatic rings. The molecular weight excluding hydrogens is 170 g/mol. The summed E-state index contributed by atoms with van der Waals surface area (Å²) in [5.74, 6) is 1.12. The molecule has 14 heavy (non-hydrogen) atoms. The lowest BCUT2D eigenvalue weighted by atomic mass is 9.88. The fourth-order valence-corrected chi connectivity index (χ4v) is 1.78. The van der Waals surface area contributed by atoms with E-state index in [0.717, 1.165) is 6.42 Å². The summed E-state index contributed by atoms with van der Waals surface area (Å²) in [6, 6.07) is 10.9. The average Bonchev–Trinajstić information content (AvgIpc) is 2.18. The molecule has 0 heterocycles. The number of hydrogen-bond acceptors (Lipinski definition) is 1. The Morgan fingerprint density at radius 1 is 1.07 bits per heavy atom. The Hall–Kier alpha value is -0.820. The molecule has 0 aliphatic heterocycles. The Balaban J connectivity index is 2.53. The molecule has 1 aromatic carbocycles. The van der Waals surface area contributed by atoms with Crippen LogP contribution in [0.15, 0.2) is 30.3 Å². The van der Waals surface area contributed by atoms with Gasteiger partial charge in [0.05, 0.1) is 0 Å². The molecule has 0 radical (unpaired) electrons. The Labute approximate surface area is 87.3 Å². The molecule has 0 spiro atoms. The van der Waals surface area contributed by atoms with E-state index in [9.17, 15) is 0 Å². The molecular formula is C13H21N. The van der Waals surface area contributed by atoms with Gasteiger partial charge in [0.15, 0.2) is 0 Å². The van der Waals surface area contributed by atoms with E-state index in [1.54, 1.807) is 0 Å².